The quantitative estimate of drug-likeness (QED) is 0.0939. The minimum Gasteiger partial charge on any atom is -0.455 e. The Labute approximate surface area is 857 Å². The third-order valence-corrected chi connectivity index (χ3v) is 28.1. The highest BCUT2D eigenvalue weighted by molar-refractivity contribution is 6.18. The summed E-state index contributed by atoms with van der Waals surface area (Å²) in [6.07, 6.45) is 0. The van der Waals surface area contributed by atoms with Crippen molar-refractivity contribution in [3.63, 3.8) is 0 Å². The van der Waals surface area contributed by atoms with Gasteiger partial charge in [-0.25, -0.2) is 44.9 Å². The number of nitrogens with zero attached hydrogens (tertiary/aromatic N) is 9. The molecule has 15 heteroatoms. The van der Waals surface area contributed by atoms with Crippen LogP contribution < -0.4 is 0 Å². The summed E-state index contributed by atoms with van der Waals surface area (Å²) in [4.78, 5) is 44.3. The van der Waals surface area contributed by atoms with Crippen molar-refractivity contribution in [1.29, 1.82) is 0 Å². The SMILES string of the molecule is c1ccc(-c2nc(-c3ccccc3)nc(-c3ccc(-c4cccc5c4oc4ccc(-c6cccc7c6oc6ccccc67)cc45)cc3)n2)cc1.c1ccc(-c2nc(-c3ccccc3)nc(-c3cccc(-c4cccc5c4oc4ccc(-c6cccc7c6oc6ccccc67)cc45)c3)n2)cc1.c1ccc(-c2nc(-c3ccccc3)nc(-c3ccccc3-c3cccc4c3oc3ccc(-c5cccc6c5oc5ccccc56)cc34)n2)cc1. The number of benzene rings is 21. The van der Waals surface area contributed by atoms with Crippen LogP contribution in [0.1, 0.15) is 0 Å². The molecule has 30 rings (SSSR count). The van der Waals surface area contributed by atoms with E-state index >= 15 is 0 Å². The Kier molecular flexibility index (Phi) is 21.5. The van der Waals surface area contributed by atoms with E-state index in [0.717, 1.165) is 248 Å². The Bertz CT molecular complexity index is 10300. The lowest BCUT2D eigenvalue weighted by Gasteiger charge is -2.12. The molecule has 0 aliphatic carbocycles. The van der Waals surface area contributed by atoms with Crippen molar-refractivity contribution in [3.8, 4) is 169 Å². The fourth-order valence-corrected chi connectivity index (χ4v) is 20.8. The van der Waals surface area contributed by atoms with Gasteiger partial charge in [0.25, 0.3) is 0 Å². The molecular formula is C135H81N9O6. The van der Waals surface area contributed by atoms with Gasteiger partial charge < -0.3 is 26.5 Å². The number of fused-ring (bicyclic) bond motifs is 18. The van der Waals surface area contributed by atoms with Crippen LogP contribution in [-0.2, 0) is 0 Å². The molecule has 0 N–H and O–H groups in total. The summed E-state index contributed by atoms with van der Waals surface area (Å²) >= 11 is 0. The van der Waals surface area contributed by atoms with Gasteiger partial charge in [0.15, 0.2) is 52.4 Å². The number of hydrogen-bond acceptors (Lipinski definition) is 15. The van der Waals surface area contributed by atoms with Crippen LogP contribution in [0.5, 0.6) is 0 Å². The highest BCUT2D eigenvalue weighted by Gasteiger charge is 2.26. The van der Waals surface area contributed by atoms with Crippen molar-refractivity contribution in [2.75, 3.05) is 0 Å². The first kappa shape index (κ1) is 87.3. The fourth-order valence-electron chi connectivity index (χ4n) is 20.8. The smallest absolute Gasteiger partial charge is 0.164 e. The van der Waals surface area contributed by atoms with Gasteiger partial charge in [0, 0.05) is 148 Å². The summed E-state index contributed by atoms with van der Waals surface area (Å²) in [5.74, 6) is 5.63. The van der Waals surface area contributed by atoms with E-state index in [2.05, 4.69) is 249 Å². The molecule has 0 saturated carbocycles. The summed E-state index contributed by atoms with van der Waals surface area (Å²) < 4.78 is 38.9. The van der Waals surface area contributed by atoms with Crippen molar-refractivity contribution >= 4 is 132 Å². The number of rotatable bonds is 15. The zero-order valence-electron chi connectivity index (χ0n) is 80.2. The normalized spacial score (nSPS) is 11.6. The summed E-state index contributed by atoms with van der Waals surface area (Å²) in [6.45, 7) is 0. The Morgan fingerprint density at radius 2 is 0.287 bits per heavy atom. The molecule has 150 heavy (non-hydrogen) atoms. The van der Waals surface area contributed by atoms with Gasteiger partial charge in [-0.15, -0.1) is 0 Å². The molecule has 0 spiro atoms. The maximum absolute atomic E-state index is 6.66. The highest BCUT2D eigenvalue weighted by Crippen LogP contribution is 2.48. The van der Waals surface area contributed by atoms with E-state index in [1.165, 1.54) is 0 Å². The largest absolute Gasteiger partial charge is 0.455 e. The van der Waals surface area contributed by atoms with Gasteiger partial charge in [-0.1, -0.05) is 431 Å². The van der Waals surface area contributed by atoms with Crippen LogP contribution in [0, 0.1) is 0 Å². The lowest BCUT2D eigenvalue weighted by atomic mass is 9.96. The van der Waals surface area contributed by atoms with Gasteiger partial charge in [0.2, 0.25) is 0 Å². The molecule has 0 fully saturated rings. The summed E-state index contributed by atoms with van der Waals surface area (Å²) in [7, 11) is 0. The lowest BCUT2D eigenvalue weighted by Crippen LogP contribution is -2.01. The van der Waals surface area contributed by atoms with Gasteiger partial charge in [0.1, 0.15) is 67.0 Å². The fraction of sp³-hybridized carbons (Fsp3) is 0. The van der Waals surface area contributed by atoms with Crippen LogP contribution in [-0.4, -0.2) is 44.9 Å². The number of hydrogen-bond donors (Lipinski definition) is 0. The first-order chi connectivity index (χ1) is 74.3. The van der Waals surface area contributed by atoms with Crippen molar-refractivity contribution in [1.82, 2.24) is 44.9 Å². The monoisotopic (exact) mass is 1920 g/mol. The van der Waals surface area contributed by atoms with E-state index in [0.29, 0.717) is 52.4 Å². The Morgan fingerprint density at radius 3 is 0.607 bits per heavy atom. The zero-order valence-corrected chi connectivity index (χ0v) is 80.2. The van der Waals surface area contributed by atoms with Crippen molar-refractivity contribution < 1.29 is 26.5 Å². The minimum atomic E-state index is 0.600. The van der Waals surface area contributed by atoms with E-state index in [4.69, 9.17) is 71.4 Å². The lowest BCUT2D eigenvalue weighted by molar-refractivity contribution is 0.669. The molecule has 30 aromatic rings. The third-order valence-electron chi connectivity index (χ3n) is 28.1. The number of aromatic nitrogens is 9. The molecule has 21 aromatic carbocycles. The Morgan fingerprint density at radius 1 is 0.100 bits per heavy atom. The number of para-hydroxylation sites is 9. The molecule has 0 aliphatic heterocycles. The molecule has 0 atom stereocenters. The van der Waals surface area contributed by atoms with E-state index in [1.807, 2.05) is 243 Å². The summed E-state index contributed by atoms with van der Waals surface area (Å²) in [5, 5.41) is 13.0. The molecule has 9 heterocycles. The molecule has 0 unspecified atom stereocenters. The zero-order chi connectivity index (χ0) is 99.1. The first-order valence-electron chi connectivity index (χ1n) is 49.8. The Hall–Kier alpha value is -20.6. The van der Waals surface area contributed by atoms with Crippen LogP contribution in [0.3, 0.4) is 0 Å². The van der Waals surface area contributed by atoms with Gasteiger partial charge in [0.05, 0.1) is 0 Å². The topological polar surface area (TPSA) is 195 Å². The Balaban J connectivity index is 0.000000108. The van der Waals surface area contributed by atoms with Crippen LogP contribution in [0.2, 0.25) is 0 Å². The number of furan rings is 6. The third kappa shape index (κ3) is 15.9. The molecule has 15 nitrogen and oxygen atoms in total. The van der Waals surface area contributed by atoms with E-state index in [9.17, 15) is 0 Å². The second-order valence-corrected chi connectivity index (χ2v) is 37.1. The predicted molar refractivity (Wildman–Crippen MR) is 605 cm³/mol. The molecule has 0 aliphatic rings. The molecule has 702 valence electrons. The highest BCUT2D eigenvalue weighted by atomic mass is 16.4. The van der Waals surface area contributed by atoms with Gasteiger partial charge in [-0.3, -0.25) is 0 Å². The molecular weight excluding hydrogens is 1840 g/mol. The van der Waals surface area contributed by atoms with E-state index in [1.54, 1.807) is 0 Å². The van der Waals surface area contributed by atoms with Crippen LogP contribution in [0.15, 0.2) is 518 Å². The second-order valence-electron chi connectivity index (χ2n) is 37.1. The molecule has 0 saturated heterocycles. The predicted octanol–water partition coefficient (Wildman–Crippen LogP) is 36.0. The van der Waals surface area contributed by atoms with E-state index < -0.39 is 0 Å². The van der Waals surface area contributed by atoms with E-state index in [-0.39, 0.29) is 0 Å². The maximum Gasteiger partial charge on any atom is 0.164 e. The maximum atomic E-state index is 6.66. The summed E-state index contributed by atoms with van der Waals surface area (Å²) in [5.41, 5.74) is 31.1. The average Bonchev–Trinajstić information content (AvgIpc) is 1.59. The van der Waals surface area contributed by atoms with Gasteiger partial charge in [-0.05, 0) is 94.0 Å². The van der Waals surface area contributed by atoms with Gasteiger partial charge >= 0.3 is 0 Å². The molecule has 9 aromatic heterocycles. The van der Waals surface area contributed by atoms with Crippen LogP contribution >= 0.6 is 0 Å². The summed E-state index contributed by atoms with van der Waals surface area (Å²) in [6, 6.07) is 167. The van der Waals surface area contributed by atoms with Crippen LogP contribution in [0.4, 0.5) is 0 Å². The minimum absolute atomic E-state index is 0.600. The molecule has 0 amide bonds. The standard InChI is InChI=1S/3C45H27N3O2/c1-3-12-28(13-4-1)43-46-44(29-14-5-2-6-15-29)48-45(47-43)32-17-9-16-30(26-32)33-19-11-22-37-38-27-31(24-25-40(38)50-42(33)37)34-20-10-21-36-35-18-7-8-23-39(35)49-41(34)36;1-3-11-29(12-4-1)43-46-44(30-13-5-2-6-14-30)48-45(47-43)31-23-21-28(22-24-31)33-16-9-19-37-38-27-32(25-26-40(38)50-41(33)37)34-17-10-18-36-35-15-7-8-20-39(35)49-42(34)36;1-3-13-28(14-4-1)43-46-44(29-15-5-2-6-16-29)48-45(47-43)37-19-8-7-17-32(37)34-21-12-23-36-38-27-30(25-26-40(38)50-42(34)36)31-20-11-22-35-33-18-9-10-24-39(33)49-41(31)35/h3*1-27H. The van der Waals surface area contributed by atoms with Crippen molar-refractivity contribution in [3.05, 3.63) is 491 Å². The second kappa shape index (κ2) is 37.0. The average molecular weight is 1930 g/mol. The van der Waals surface area contributed by atoms with Crippen LogP contribution in [0.25, 0.3) is 301 Å². The van der Waals surface area contributed by atoms with Gasteiger partial charge in [-0.2, -0.15) is 0 Å². The first-order valence-corrected chi connectivity index (χ1v) is 49.8. The molecule has 0 radical (unpaired) electrons. The van der Waals surface area contributed by atoms with Crippen molar-refractivity contribution in [2.24, 2.45) is 0 Å². The van der Waals surface area contributed by atoms with Crippen molar-refractivity contribution in [2.45, 2.75) is 0 Å². The molecule has 0 bridgehead atoms.